The molecule has 0 aromatic carbocycles. The Labute approximate surface area is 111 Å². The van der Waals surface area contributed by atoms with Crippen LogP contribution in [-0.2, 0) is 9.53 Å². The molecule has 0 unspecified atom stereocenters. The maximum atomic E-state index is 11.9. The largest absolute Gasteiger partial charge is 0.469 e. The molecule has 0 saturated carbocycles. The lowest BCUT2D eigenvalue weighted by molar-refractivity contribution is -0.140. The third-order valence-corrected chi connectivity index (χ3v) is 2.65. The summed E-state index contributed by atoms with van der Waals surface area (Å²) in [5, 5.41) is 0.347. The number of halogens is 1. The lowest BCUT2D eigenvalue weighted by atomic mass is 10.2. The van der Waals surface area contributed by atoms with Crippen LogP contribution in [0.25, 0.3) is 0 Å². The zero-order valence-corrected chi connectivity index (χ0v) is 11.1. The molecule has 0 aliphatic rings. The van der Waals surface area contributed by atoms with Gasteiger partial charge in [-0.1, -0.05) is 11.6 Å². The molecule has 1 heterocycles. The van der Waals surface area contributed by atoms with Crippen LogP contribution in [0.4, 0.5) is 0 Å². The molecule has 0 aliphatic carbocycles. The first-order valence-corrected chi connectivity index (χ1v) is 5.86. The van der Waals surface area contributed by atoms with E-state index in [0.29, 0.717) is 30.1 Å². The molecule has 0 spiro atoms. The van der Waals surface area contributed by atoms with Crippen molar-refractivity contribution in [3.63, 3.8) is 0 Å². The number of rotatable bonds is 5. The zero-order chi connectivity index (χ0) is 13.5. The fourth-order valence-electron chi connectivity index (χ4n) is 1.39. The van der Waals surface area contributed by atoms with Crippen molar-refractivity contribution in [3.05, 3.63) is 29.0 Å². The van der Waals surface area contributed by atoms with Gasteiger partial charge in [-0.15, -0.1) is 0 Å². The quantitative estimate of drug-likeness (QED) is 0.604. The Morgan fingerprint density at radius 2 is 2.17 bits per heavy atom. The van der Waals surface area contributed by atoms with Crippen LogP contribution < -0.4 is 0 Å². The Bertz CT molecular complexity index is 420. The first kappa shape index (κ1) is 14.4. The van der Waals surface area contributed by atoms with Gasteiger partial charge in [0.2, 0.25) is 0 Å². The van der Waals surface area contributed by atoms with Crippen molar-refractivity contribution in [1.29, 1.82) is 0 Å². The van der Waals surface area contributed by atoms with E-state index in [9.17, 15) is 9.59 Å². The van der Waals surface area contributed by atoms with E-state index in [4.69, 9.17) is 11.6 Å². The van der Waals surface area contributed by atoms with Gasteiger partial charge in [0.05, 0.1) is 12.7 Å². The molecule has 0 bridgehead atoms. The normalized spacial score (nSPS) is 9.94. The summed E-state index contributed by atoms with van der Waals surface area (Å²) in [6, 6.07) is 3.19. The number of amides is 1. The average molecular weight is 271 g/mol. The summed E-state index contributed by atoms with van der Waals surface area (Å²) in [7, 11) is 3.02. The number of hydrogen-bond donors (Lipinski definition) is 0. The summed E-state index contributed by atoms with van der Waals surface area (Å²) >= 11 is 5.64. The number of hydrogen-bond acceptors (Lipinski definition) is 4. The SMILES string of the molecule is COC(=O)CCCN(C)C(=O)c1ccc(Cl)nc1. The van der Waals surface area contributed by atoms with Crippen molar-refractivity contribution in [2.24, 2.45) is 0 Å². The van der Waals surface area contributed by atoms with Gasteiger partial charge in [-0.2, -0.15) is 0 Å². The van der Waals surface area contributed by atoms with Crippen LogP contribution in [-0.4, -0.2) is 42.5 Å². The molecule has 98 valence electrons. The van der Waals surface area contributed by atoms with Crippen molar-refractivity contribution >= 4 is 23.5 Å². The second-order valence-electron chi connectivity index (χ2n) is 3.78. The van der Waals surface area contributed by atoms with Crippen LogP contribution in [0.2, 0.25) is 5.15 Å². The van der Waals surface area contributed by atoms with E-state index < -0.39 is 0 Å². The monoisotopic (exact) mass is 270 g/mol. The van der Waals surface area contributed by atoms with Gasteiger partial charge < -0.3 is 9.64 Å². The Hall–Kier alpha value is -1.62. The lowest BCUT2D eigenvalue weighted by Crippen LogP contribution is -2.28. The van der Waals surface area contributed by atoms with Gasteiger partial charge in [0.1, 0.15) is 5.15 Å². The van der Waals surface area contributed by atoms with Gasteiger partial charge in [0.15, 0.2) is 0 Å². The fraction of sp³-hybridized carbons (Fsp3) is 0.417. The maximum absolute atomic E-state index is 11.9. The van der Waals surface area contributed by atoms with Gasteiger partial charge in [-0.05, 0) is 18.6 Å². The topological polar surface area (TPSA) is 59.5 Å². The molecule has 1 aromatic rings. The summed E-state index contributed by atoms with van der Waals surface area (Å²) in [5.41, 5.74) is 0.472. The number of methoxy groups -OCH3 is 1. The number of carbonyl (C=O) groups is 2. The van der Waals surface area contributed by atoms with E-state index >= 15 is 0 Å². The molecule has 0 radical (unpaired) electrons. The zero-order valence-electron chi connectivity index (χ0n) is 10.4. The van der Waals surface area contributed by atoms with Crippen molar-refractivity contribution in [2.45, 2.75) is 12.8 Å². The van der Waals surface area contributed by atoms with Crippen LogP contribution in [0.1, 0.15) is 23.2 Å². The summed E-state index contributed by atoms with van der Waals surface area (Å²) in [6.07, 6.45) is 2.30. The van der Waals surface area contributed by atoms with E-state index in [1.807, 2.05) is 0 Å². The van der Waals surface area contributed by atoms with Crippen LogP contribution in [0.3, 0.4) is 0 Å². The van der Waals surface area contributed by atoms with Crippen molar-refractivity contribution in [3.8, 4) is 0 Å². The number of aromatic nitrogens is 1. The van der Waals surface area contributed by atoms with E-state index in [-0.39, 0.29) is 11.9 Å². The Morgan fingerprint density at radius 3 is 2.72 bits per heavy atom. The molecule has 0 saturated heterocycles. The Kier molecular flexibility index (Phi) is 5.58. The highest BCUT2D eigenvalue weighted by Crippen LogP contribution is 2.08. The molecule has 18 heavy (non-hydrogen) atoms. The highest BCUT2D eigenvalue weighted by molar-refractivity contribution is 6.29. The van der Waals surface area contributed by atoms with Gasteiger partial charge >= 0.3 is 5.97 Å². The Balaban J connectivity index is 2.46. The van der Waals surface area contributed by atoms with Gasteiger partial charge in [0, 0.05) is 26.2 Å². The number of nitrogens with zero attached hydrogens (tertiary/aromatic N) is 2. The van der Waals surface area contributed by atoms with Gasteiger partial charge in [0.25, 0.3) is 5.91 Å². The van der Waals surface area contributed by atoms with Gasteiger partial charge in [-0.3, -0.25) is 9.59 Å². The molecule has 1 amide bonds. The van der Waals surface area contributed by atoms with Gasteiger partial charge in [-0.25, -0.2) is 4.98 Å². The molecule has 1 rings (SSSR count). The van der Waals surface area contributed by atoms with E-state index in [2.05, 4.69) is 9.72 Å². The smallest absolute Gasteiger partial charge is 0.305 e. The molecular weight excluding hydrogens is 256 g/mol. The first-order valence-electron chi connectivity index (χ1n) is 5.48. The van der Waals surface area contributed by atoms with E-state index in [1.165, 1.54) is 18.2 Å². The van der Waals surface area contributed by atoms with Crippen LogP contribution in [0.15, 0.2) is 18.3 Å². The van der Waals surface area contributed by atoms with E-state index in [1.54, 1.807) is 19.2 Å². The summed E-state index contributed by atoms with van der Waals surface area (Å²) in [4.78, 5) is 28.2. The minimum atomic E-state index is -0.274. The number of esters is 1. The maximum Gasteiger partial charge on any atom is 0.305 e. The van der Waals surface area contributed by atoms with Crippen molar-refractivity contribution in [2.75, 3.05) is 20.7 Å². The standard InChI is InChI=1S/C12H15ClN2O3/c1-15(7-3-4-11(16)18-2)12(17)9-5-6-10(13)14-8-9/h5-6,8H,3-4,7H2,1-2H3. The molecule has 5 nitrogen and oxygen atoms in total. The number of carbonyl (C=O) groups excluding carboxylic acids is 2. The van der Waals surface area contributed by atoms with Crippen LogP contribution >= 0.6 is 11.6 Å². The highest BCUT2D eigenvalue weighted by Gasteiger charge is 2.12. The van der Waals surface area contributed by atoms with Crippen molar-refractivity contribution < 1.29 is 14.3 Å². The van der Waals surface area contributed by atoms with E-state index in [0.717, 1.165) is 0 Å². The second kappa shape index (κ2) is 6.96. The van der Waals surface area contributed by atoms with Crippen LogP contribution in [0, 0.1) is 0 Å². The molecule has 1 aromatic heterocycles. The molecular formula is C12H15ClN2O3. The minimum Gasteiger partial charge on any atom is -0.469 e. The third kappa shape index (κ3) is 4.33. The lowest BCUT2D eigenvalue weighted by Gasteiger charge is -2.16. The average Bonchev–Trinajstić information content (AvgIpc) is 2.38. The predicted octanol–water partition coefficient (Wildman–Crippen LogP) is 1.76. The molecule has 0 N–H and O–H groups in total. The molecule has 0 fully saturated rings. The van der Waals surface area contributed by atoms with Crippen molar-refractivity contribution in [1.82, 2.24) is 9.88 Å². The summed E-state index contributed by atoms with van der Waals surface area (Å²) in [5.74, 6) is -0.423. The number of pyridine rings is 1. The predicted molar refractivity (Wildman–Crippen MR) is 67.5 cm³/mol. The summed E-state index contributed by atoms with van der Waals surface area (Å²) in [6.45, 7) is 0.483. The minimum absolute atomic E-state index is 0.149. The van der Waals surface area contributed by atoms with Crippen LogP contribution in [0.5, 0.6) is 0 Å². The Morgan fingerprint density at radius 1 is 1.44 bits per heavy atom. The molecule has 0 atom stereocenters. The summed E-state index contributed by atoms with van der Waals surface area (Å²) < 4.78 is 4.52. The highest BCUT2D eigenvalue weighted by atomic mass is 35.5. The molecule has 6 heteroatoms. The number of ether oxygens (including phenoxy) is 1. The third-order valence-electron chi connectivity index (χ3n) is 2.42. The first-order chi connectivity index (χ1) is 8.54. The second-order valence-corrected chi connectivity index (χ2v) is 4.16. The molecule has 0 aliphatic heterocycles. The fourth-order valence-corrected chi connectivity index (χ4v) is 1.50.